The van der Waals surface area contributed by atoms with Gasteiger partial charge in [0.2, 0.25) is 0 Å². The molecule has 1 fully saturated rings. The Morgan fingerprint density at radius 3 is 2.36 bits per heavy atom. The third-order valence-corrected chi connectivity index (χ3v) is 7.44. The molecule has 1 aliphatic rings. The third kappa shape index (κ3) is 7.97. The molecule has 1 N–H and O–H groups in total. The van der Waals surface area contributed by atoms with E-state index in [-0.39, 0.29) is 11.5 Å². The van der Waals surface area contributed by atoms with Crippen molar-refractivity contribution in [1.82, 2.24) is 4.90 Å². The summed E-state index contributed by atoms with van der Waals surface area (Å²) in [5.74, 6) is 0.307. The molecule has 0 aliphatic carbocycles. The number of unbranched alkanes of at least 4 members (excludes halogenated alkanes) is 3. The van der Waals surface area contributed by atoms with Gasteiger partial charge < -0.3 is 19.5 Å². The van der Waals surface area contributed by atoms with E-state index in [1.165, 1.54) is 24.8 Å². The van der Waals surface area contributed by atoms with E-state index < -0.39 is 5.60 Å². The number of phenolic OH excluding ortho intramolecular Hbond substituents is 1. The summed E-state index contributed by atoms with van der Waals surface area (Å²) in [6, 6.07) is 16.3. The molecule has 1 saturated heterocycles. The Labute approximate surface area is 225 Å². The average molecular weight is 561 g/mol. The standard InChI is InChI=1S/C30H42BrNO4/c1-29(2,3)36-28(34)32-19-16-30(17-20-32,25-11-7-6-8-12-25)26-23-24(13-14-27(26)33)15-22-35-21-10-5-4-9-18-31/h6-8,11-14,23,33H,4-5,9-10,15-22H2,1-3H3. The Hall–Kier alpha value is -2.05. The zero-order chi connectivity index (χ0) is 26.0. The predicted octanol–water partition coefficient (Wildman–Crippen LogP) is 7.22. The maximum atomic E-state index is 12.7. The molecule has 5 nitrogen and oxygen atoms in total. The Morgan fingerprint density at radius 2 is 1.69 bits per heavy atom. The van der Waals surface area contributed by atoms with E-state index in [0.29, 0.717) is 25.4 Å². The summed E-state index contributed by atoms with van der Waals surface area (Å²) in [4.78, 5) is 14.5. The number of alkyl halides is 1. The molecule has 0 bridgehead atoms. The number of likely N-dealkylation sites (tertiary alicyclic amines) is 1. The summed E-state index contributed by atoms with van der Waals surface area (Å²) < 4.78 is 11.5. The third-order valence-electron chi connectivity index (χ3n) is 6.88. The maximum Gasteiger partial charge on any atom is 0.410 e. The van der Waals surface area contributed by atoms with Gasteiger partial charge in [-0.2, -0.15) is 0 Å². The number of aromatic hydroxyl groups is 1. The van der Waals surface area contributed by atoms with Crippen molar-refractivity contribution in [1.29, 1.82) is 0 Å². The minimum absolute atomic E-state index is 0.272. The van der Waals surface area contributed by atoms with E-state index in [0.717, 1.165) is 48.7 Å². The Balaban J connectivity index is 1.72. The maximum absolute atomic E-state index is 12.7. The van der Waals surface area contributed by atoms with E-state index in [1.807, 2.05) is 51.1 Å². The average Bonchev–Trinajstić information content (AvgIpc) is 2.86. The van der Waals surface area contributed by atoms with Crippen LogP contribution in [0.5, 0.6) is 5.75 Å². The minimum Gasteiger partial charge on any atom is -0.508 e. The molecule has 6 heteroatoms. The van der Waals surface area contributed by atoms with Gasteiger partial charge in [-0.15, -0.1) is 0 Å². The van der Waals surface area contributed by atoms with Crippen LogP contribution in [0.2, 0.25) is 0 Å². The second-order valence-electron chi connectivity index (χ2n) is 10.7. The van der Waals surface area contributed by atoms with E-state index >= 15 is 0 Å². The molecule has 0 aromatic heterocycles. The molecule has 1 amide bonds. The minimum atomic E-state index is -0.520. The molecule has 2 aromatic rings. The van der Waals surface area contributed by atoms with Crippen LogP contribution >= 0.6 is 15.9 Å². The second-order valence-corrected chi connectivity index (χ2v) is 11.5. The number of hydrogen-bond acceptors (Lipinski definition) is 4. The molecular formula is C30H42BrNO4. The summed E-state index contributed by atoms with van der Waals surface area (Å²) in [5, 5.41) is 12.1. The summed E-state index contributed by atoms with van der Waals surface area (Å²) in [6.45, 7) is 8.29. The fourth-order valence-electron chi connectivity index (χ4n) is 4.93. The van der Waals surface area contributed by atoms with Gasteiger partial charge in [-0.3, -0.25) is 0 Å². The van der Waals surface area contributed by atoms with Crippen molar-refractivity contribution < 1.29 is 19.4 Å². The Kier molecular flexibility index (Phi) is 10.7. The number of ether oxygens (including phenoxy) is 2. The van der Waals surface area contributed by atoms with Gasteiger partial charge in [0.1, 0.15) is 11.4 Å². The van der Waals surface area contributed by atoms with Gasteiger partial charge in [0.15, 0.2) is 0 Å². The number of nitrogens with zero attached hydrogens (tertiary/aromatic N) is 1. The molecule has 0 unspecified atom stereocenters. The predicted molar refractivity (Wildman–Crippen MR) is 149 cm³/mol. The molecule has 0 saturated carbocycles. The molecule has 3 rings (SSSR count). The lowest BCUT2D eigenvalue weighted by molar-refractivity contribution is 0.0179. The fourth-order valence-corrected chi connectivity index (χ4v) is 5.33. The second kappa shape index (κ2) is 13.5. The Morgan fingerprint density at radius 1 is 1.00 bits per heavy atom. The van der Waals surface area contributed by atoms with Crippen LogP contribution in [-0.4, -0.2) is 53.3 Å². The van der Waals surface area contributed by atoms with Crippen molar-refractivity contribution in [2.75, 3.05) is 31.6 Å². The molecule has 0 atom stereocenters. The van der Waals surface area contributed by atoms with Crippen LogP contribution in [0.3, 0.4) is 0 Å². The van der Waals surface area contributed by atoms with E-state index in [4.69, 9.17) is 9.47 Å². The number of hydrogen-bond donors (Lipinski definition) is 1. The van der Waals surface area contributed by atoms with E-state index in [2.05, 4.69) is 34.1 Å². The number of benzene rings is 2. The smallest absolute Gasteiger partial charge is 0.410 e. The SMILES string of the molecule is CC(C)(C)OC(=O)N1CCC(c2ccccc2)(c2cc(CCOCCCCCCBr)ccc2O)CC1. The number of carbonyl (C=O) groups is 1. The van der Waals surface area contributed by atoms with Gasteiger partial charge in [-0.1, -0.05) is 71.2 Å². The number of rotatable bonds is 11. The highest BCUT2D eigenvalue weighted by molar-refractivity contribution is 9.09. The van der Waals surface area contributed by atoms with Crippen LogP contribution in [0.15, 0.2) is 48.5 Å². The first-order valence-electron chi connectivity index (χ1n) is 13.2. The van der Waals surface area contributed by atoms with Crippen molar-refractivity contribution in [3.8, 4) is 5.75 Å². The molecule has 0 spiro atoms. The van der Waals surface area contributed by atoms with Gasteiger partial charge in [0.05, 0.1) is 6.61 Å². The van der Waals surface area contributed by atoms with Crippen LogP contribution in [0.4, 0.5) is 4.79 Å². The van der Waals surface area contributed by atoms with Gasteiger partial charge >= 0.3 is 6.09 Å². The lowest BCUT2D eigenvalue weighted by Gasteiger charge is -2.43. The van der Waals surface area contributed by atoms with E-state index in [1.54, 1.807) is 4.90 Å². The van der Waals surface area contributed by atoms with Crippen molar-refractivity contribution in [2.45, 2.75) is 76.7 Å². The van der Waals surface area contributed by atoms with E-state index in [9.17, 15) is 9.90 Å². The topological polar surface area (TPSA) is 59.0 Å². The number of amides is 1. The number of piperidine rings is 1. The van der Waals surface area contributed by atoms with Crippen molar-refractivity contribution in [3.63, 3.8) is 0 Å². The van der Waals surface area contributed by atoms with Crippen LogP contribution in [-0.2, 0) is 21.3 Å². The summed E-state index contributed by atoms with van der Waals surface area (Å²) in [5.41, 5.74) is 2.38. The van der Waals surface area contributed by atoms with Crippen LogP contribution in [0, 0.1) is 0 Å². The highest BCUT2D eigenvalue weighted by atomic mass is 79.9. The van der Waals surface area contributed by atoms with Crippen LogP contribution in [0.1, 0.15) is 76.0 Å². The lowest BCUT2D eigenvalue weighted by Crippen LogP contribution is -2.47. The van der Waals surface area contributed by atoms with Gasteiger partial charge in [-0.25, -0.2) is 4.79 Å². The summed E-state index contributed by atoms with van der Waals surface area (Å²) in [6.07, 6.45) is 6.73. The molecule has 1 aliphatic heterocycles. The summed E-state index contributed by atoms with van der Waals surface area (Å²) in [7, 11) is 0. The zero-order valence-electron chi connectivity index (χ0n) is 22.1. The van der Waals surface area contributed by atoms with Crippen molar-refractivity contribution >= 4 is 22.0 Å². The van der Waals surface area contributed by atoms with Crippen molar-refractivity contribution in [2.24, 2.45) is 0 Å². The lowest BCUT2D eigenvalue weighted by atomic mass is 9.67. The largest absolute Gasteiger partial charge is 0.508 e. The van der Waals surface area contributed by atoms with Crippen LogP contribution in [0.25, 0.3) is 0 Å². The zero-order valence-corrected chi connectivity index (χ0v) is 23.7. The molecule has 0 radical (unpaired) electrons. The highest BCUT2D eigenvalue weighted by Gasteiger charge is 2.41. The van der Waals surface area contributed by atoms with Crippen LogP contribution < -0.4 is 0 Å². The fraction of sp³-hybridized carbons (Fsp3) is 0.567. The molecule has 198 valence electrons. The first-order valence-corrected chi connectivity index (χ1v) is 14.4. The molecule has 36 heavy (non-hydrogen) atoms. The van der Waals surface area contributed by atoms with Crippen molar-refractivity contribution in [3.05, 3.63) is 65.2 Å². The van der Waals surface area contributed by atoms with Gasteiger partial charge in [-0.05, 0) is 70.1 Å². The highest BCUT2D eigenvalue weighted by Crippen LogP contribution is 2.45. The van der Waals surface area contributed by atoms with Gasteiger partial charge in [0.25, 0.3) is 0 Å². The normalized spacial score (nSPS) is 15.6. The summed E-state index contributed by atoms with van der Waals surface area (Å²) >= 11 is 3.47. The number of phenols is 1. The quantitative estimate of drug-likeness (QED) is 0.233. The molecular weight excluding hydrogens is 518 g/mol. The monoisotopic (exact) mass is 559 g/mol. The molecule has 1 heterocycles. The number of carbonyl (C=O) groups excluding carboxylic acids is 1. The Bertz CT molecular complexity index is 949. The number of halogens is 1. The molecule has 2 aromatic carbocycles. The first-order chi connectivity index (χ1) is 17.2. The van der Waals surface area contributed by atoms with Gasteiger partial charge in [0, 0.05) is 36.0 Å². The first kappa shape index (κ1) is 28.5.